The predicted molar refractivity (Wildman–Crippen MR) is 136 cm³/mol. The number of guanidine groups is 1. The Hall–Kier alpha value is -0.970. The largest absolute Gasteiger partial charge is 0.367 e. The number of ether oxygens (including phenoxy) is 1. The van der Waals surface area contributed by atoms with Gasteiger partial charge >= 0.3 is 0 Å². The maximum atomic E-state index is 13.3. The highest BCUT2D eigenvalue weighted by Crippen LogP contribution is 2.25. The van der Waals surface area contributed by atoms with Gasteiger partial charge < -0.3 is 24.8 Å². The SMILES string of the molecule is CCN1CCN(CC(C)CNC(=NC)N2CC(C)OC(c3ccc(F)cc3)C2)CC1.I. The molecule has 2 aliphatic heterocycles. The molecule has 0 aliphatic carbocycles. The van der Waals surface area contributed by atoms with Crippen molar-refractivity contribution in [3.05, 3.63) is 35.6 Å². The van der Waals surface area contributed by atoms with E-state index in [1.165, 1.54) is 25.2 Å². The summed E-state index contributed by atoms with van der Waals surface area (Å²) in [7, 11) is 1.84. The number of hydrogen-bond donors (Lipinski definition) is 1. The van der Waals surface area contributed by atoms with E-state index in [0.717, 1.165) is 50.8 Å². The zero-order chi connectivity index (χ0) is 21.5. The van der Waals surface area contributed by atoms with Gasteiger partial charge in [-0.2, -0.15) is 0 Å². The highest BCUT2D eigenvalue weighted by atomic mass is 127. The Morgan fingerprint density at radius 2 is 1.81 bits per heavy atom. The van der Waals surface area contributed by atoms with Crippen molar-refractivity contribution >= 4 is 29.9 Å². The summed E-state index contributed by atoms with van der Waals surface area (Å²) in [5, 5.41) is 3.57. The highest BCUT2D eigenvalue weighted by Gasteiger charge is 2.28. The zero-order valence-corrected chi connectivity index (χ0v) is 21.7. The van der Waals surface area contributed by atoms with E-state index in [4.69, 9.17) is 4.74 Å². The van der Waals surface area contributed by atoms with Gasteiger partial charge in [-0.25, -0.2) is 4.39 Å². The van der Waals surface area contributed by atoms with Crippen LogP contribution in [-0.4, -0.2) is 92.7 Å². The molecule has 0 saturated carbocycles. The number of piperazine rings is 1. The van der Waals surface area contributed by atoms with Crippen LogP contribution in [0, 0.1) is 11.7 Å². The Labute approximate surface area is 204 Å². The highest BCUT2D eigenvalue weighted by molar-refractivity contribution is 14.0. The second kappa shape index (κ2) is 12.9. The first-order valence-electron chi connectivity index (χ1n) is 11.3. The number of aliphatic imine (C=N–C) groups is 1. The molecule has 0 bridgehead atoms. The van der Waals surface area contributed by atoms with Crippen LogP contribution in [-0.2, 0) is 4.74 Å². The molecule has 0 aromatic heterocycles. The van der Waals surface area contributed by atoms with Crippen LogP contribution in [0.25, 0.3) is 0 Å². The van der Waals surface area contributed by atoms with Crippen molar-refractivity contribution in [3.63, 3.8) is 0 Å². The molecule has 0 amide bonds. The van der Waals surface area contributed by atoms with E-state index in [9.17, 15) is 4.39 Å². The molecule has 2 saturated heterocycles. The Kier molecular flexibility index (Phi) is 10.9. The van der Waals surface area contributed by atoms with Gasteiger partial charge in [-0.3, -0.25) is 4.99 Å². The van der Waals surface area contributed by atoms with Gasteiger partial charge in [-0.15, -0.1) is 24.0 Å². The molecule has 8 heteroatoms. The zero-order valence-electron chi connectivity index (χ0n) is 19.4. The second-order valence-electron chi connectivity index (χ2n) is 8.66. The summed E-state index contributed by atoms with van der Waals surface area (Å²) in [6, 6.07) is 6.62. The lowest BCUT2D eigenvalue weighted by Gasteiger charge is -2.39. The molecule has 3 atom stereocenters. The second-order valence-corrected chi connectivity index (χ2v) is 8.66. The van der Waals surface area contributed by atoms with Gasteiger partial charge in [0.05, 0.1) is 12.6 Å². The minimum absolute atomic E-state index is 0. The number of benzene rings is 1. The molecule has 2 aliphatic rings. The average molecular weight is 548 g/mol. The van der Waals surface area contributed by atoms with Gasteiger partial charge in [0.1, 0.15) is 11.9 Å². The molecule has 3 rings (SSSR count). The Balaban J connectivity index is 0.00000341. The lowest BCUT2D eigenvalue weighted by Crippen LogP contribution is -2.52. The fraction of sp³-hybridized carbons (Fsp3) is 0.696. The van der Waals surface area contributed by atoms with E-state index in [1.54, 1.807) is 0 Å². The van der Waals surface area contributed by atoms with Crippen molar-refractivity contribution in [2.75, 3.05) is 66.0 Å². The van der Waals surface area contributed by atoms with Crippen molar-refractivity contribution in [1.82, 2.24) is 20.0 Å². The summed E-state index contributed by atoms with van der Waals surface area (Å²) in [5.41, 5.74) is 1.00. The lowest BCUT2D eigenvalue weighted by molar-refractivity contribution is -0.0605. The predicted octanol–water partition coefficient (Wildman–Crippen LogP) is 3.05. The number of halogens is 2. The monoisotopic (exact) mass is 547 g/mol. The number of likely N-dealkylation sites (N-methyl/N-ethyl adjacent to an activating group) is 1. The topological polar surface area (TPSA) is 43.3 Å². The standard InChI is InChI=1S/C23H38FN5O.HI/c1-5-27-10-12-28(13-11-27)15-18(2)14-26-23(25-4)29-16-19(3)30-22(17-29)20-6-8-21(24)9-7-20;/h6-9,18-19,22H,5,10-17H2,1-4H3,(H,25,26);1H. The van der Waals surface area contributed by atoms with E-state index in [1.807, 2.05) is 19.2 Å². The van der Waals surface area contributed by atoms with Crippen LogP contribution in [0.5, 0.6) is 0 Å². The van der Waals surface area contributed by atoms with Gasteiger partial charge in [-0.1, -0.05) is 26.0 Å². The van der Waals surface area contributed by atoms with Crippen LogP contribution in [0.2, 0.25) is 0 Å². The number of nitrogens with one attached hydrogen (secondary N) is 1. The third-order valence-electron chi connectivity index (χ3n) is 6.10. The van der Waals surface area contributed by atoms with Crippen LogP contribution >= 0.6 is 24.0 Å². The summed E-state index contributed by atoms with van der Waals surface area (Å²) < 4.78 is 19.4. The van der Waals surface area contributed by atoms with Crippen molar-refractivity contribution in [2.45, 2.75) is 33.0 Å². The summed E-state index contributed by atoms with van der Waals surface area (Å²) in [6.07, 6.45) is -0.000164. The maximum absolute atomic E-state index is 13.3. The summed E-state index contributed by atoms with van der Waals surface area (Å²) in [5.74, 6) is 1.24. The maximum Gasteiger partial charge on any atom is 0.193 e. The molecule has 31 heavy (non-hydrogen) atoms. The third kappa shape index (κ3) is 7.83. The van der Waals surface area contributed by atoms with Crippen LogP contribution in [0.3, 0.4) is 0 Å². The minimum Gasteiger partial charge on any atom is -0.367 e. The fourth-order valence-electron chi connectivity index (χ4n) is 4.38. The molecule has 0 radical (unpaired) electrons. The van der Waals surface area contributed by atoms with Crippen LogP contribution in [0.15, 0.2) is 29.3 Å². The van der Waals surface area contributed by atoms with Gasteiger partial charge in [0.25, 0.3) is 0 Å². The first-order valence-corrected chi connectivity index (χ1v) is 11.3. The number of hydrogen-bond acceptors (Lipinski definition) is 4. The van der Waals surface area contributed by atoms with Crippen LogP contribution < -0.4 is 5.32 Å². The molecule has 1 aromatic carbocycles. The molecular formula is C23H39FIN5O. The van der Waals surface area contributed by atoms with Crippen LogP contribution in [0.4, 0.5) is 4.39 Å². The molecule has 3 unspecified atom stereocenters. The van der Waals surface area contributed by atoms with Gasteiger partial charge in [0.2, 0.25) is 0 Å². The summed E-state index contributed by atoms with van der Waals surface area (Å²) in [6.45, 7) is 16.0. The first-order chi connectivity index (χ1) is 14.5. The Bertz CT molecular complexity index is 681. The molecule has 2 fully saturated rings. The smallest absolute Gasteiger partial charge is 0.193 e. The molecule has 2 heterocycles. The number of rotatable bonds is 6. The summed E-state index contributed by atoms with van der Waals surface area (Å²) >= 11 is 0. The Morgan fingerprint density at radius 3 is 2.42 bits per heavy atom. The van der Waals surface area contributed by atoms with Crippen molar-refractivity contribution < 1.29 is 9.13 Å². The number of nitrogens with zero attached hydrogens (tertiary/aromatic N) is 4. The normalized spacial score (nSPS) is 24.5. The first kappa shape index (κ1) is 26.3. The van der Waals surface area contributed by atoms with Crippen molar-refractivity contribution in [1.29, 1.82) is 0 Å². The van der Waals surface area contributed by atoms with Crippen LogP contribution in [0.1, 0.15) is 32.4 Å². The molecule has 6 nitrogen and oxygen atoms in total. The third-order valence-corrected chi connectivity index (χ3v) is 6.10. The number of morpholine rings is 1. The molecular weight excluding hydrogens is 508 g/mol. The fourth-order valence-corrected chi connectivity index (χ4v) is 4.38. The Morgan fingerprint density at radius 1 is 1.16 bits per heavy atom. The van der Waals surface area contributed by atoms with Gasteiger partial charge in [0, 0.05) is 52.9 Å². The van der Waals surface area contributed by atoms with Crippen molar-refractivity contribution in [3.8, 4) is 0 Å². The van der Waals surface area contributed by atoms with Crippen molar-refractivity contribution in [2.24, 2.45) is 10.9 Å². The molecule has 1 N–H and O–H groups in total. The van der Waals surface area contributed by atoms with E-state index in [-0.39, 0.29) is 42.0 Å². The van der Waals surface area contributed by atoms with Gasteiger partial charge in [-0.05, 0) is 37.1 Å². The van der Waals surface area contributed by atoms with E-state index in [2.05, 4.69) is 45.8 Å². The molecule has 1 aromatic rings. The minimum atomic E-state index is -0.220. The average Bonchev–Trinajstić information content (AvgIpc) is 2.75. The van der Waals surface area contributed by atoms with E-state index < -0.39 is 0 Å². The van der Waals surface area contributed by atoms with Gasteiger partial charge in [0.15, 0.2) is 5.96 Å². The van der Waals surface area contributed by atoms with E-state index >= 15 is 0 Å². The quantitative estimate of drug-likeness (QED) is 0.337. The lowest BCUT2D eigenvalue weighted by atomic mass is 10.1. The summed E-state index contributed by atoms with van der Waals surface area (Å²) in [4.78, 5) is 11.9. The van der Waals surface area contributed by atoms with E-state index in [0.29, 0.717) is 12.5 Å². The molecule has 0 spiro atoms. The molecule has 176 valence electrons.